The fourth-order valence-electron chi connectivity index (χ4n) is 2.46. The molecule has 0 unspecified atom stereocenters. The van der Waals surface area contributed by atoms with Crippen molar-refractivity contribution in [2.45, 2.75) is 46.2 Å². The molecule has 0 aliphatic rings. The van der Waals surface area contributed by atoms with E-state index >= 15 is 0 Å². The van der Waals surface area contributed by atoms with Gasteiger partial charge in [-0.15, -0.1) is 11.3 Å². The number of guanidine groups is 1. The van der Waals surface area contributed by atoms with E-state index in [4.69, 9.17) is 0 Å². The summed E-state index contributed by atoms with van der Waals surface area (Å²) in [6, 6.07) is 7.64. The highest BCUT2D eigenvalue weighted by atomic mass is 32.1. The molecule has 0 aliphatic heterocycles. The molecular weight excluding hydrogens is 372 g/mol. The molecule has 7 nitrogen and oxygen atoms in total. The van der Waals surface area contributed by atoms with E-state index in [-0.39, 0.29) is 12.1 Å². The van der Waals surface area contributed by atoms with Gasteiger partial charge in [0.05, 0.1) is 5.01 Å². The van der Waals surface area contributed by atoms with Gasteiger partial charge >= 0.3 is 6.03 Å². The fourth-order valence-corrected chi connectivity index (χ4v) is 3.32. The number of nitrogens with zero attached hydrogens (tertiary/aromatic N) is 2. The summed E-state index contributed by atoms with van der Waals surface area (Å²) in [5.41, 5.74) is 1.87. The third kappa shape index (κ3) is 7.56. The van der Waals surface area contributed by atoms with Crippen LogP contribution in [-0.2, 0) is 19.4 Å². The zero-order valence-corrected chi connectivity index (χ0v) is 17.8. The van der Waals surface area contributed by atoms with E-state index in [0.717, 1.165) is 41.6 Å². The summed E-state index contributed by atoms with van der Waals surface area (Å²) in [5, 5.41) is 13.4. The Morgan fingerprint density at radius 3 is 2.57 bits per heavy atom. The number of nitrogens with one attached hydrogen (secondary N) is 4. The number of carbonyl (C=O) groups excluding carboxylic acids is 1. The van der Waals surface area contributed by atoms with Crippen LogP contribution in [-0.4, -0.2) is 36.6 Å². The highest BCUT2D eigenvalue weighted by Crippen LogP contribution is 2.13. The van der Waals surface area contributed by atoms with E-state index in [1.54, 1.807) is 18.4 Å². The van der Waals surface area contributed by atoms with Crippen molar-refractivity contribution in [3.05, 3.63) is 45.9 Å². The number of amides is 2. The maximum absolute atomic E-state index is 11.7. The van der Waals surface area contributed by atoms with Crippen LogP contribution >= 0.6 is 11.3 Å². The van der Waals surface area contributed by atoms with Gasteiger partial charge in [0.25, 0.3) is 0 Å². The summed E-state index contributed by atoms with van der Waals surface area (Å²) in [7, 11) is 1.76. The molecule has 0 saturated carbocycles. The van der Waals surface area contributed by atoms with Crippen LogP contribution < -0.4 is 21.3 Å². The predicted octanol–water partition coefficient (Wildman–Crippen LogP) is 3.14. The van der Waals surface area contributed by atoms with Crippen molar-refractivity contribution in [2.75, 3.05) is 18.9 Å². The van der Waals surface area contributed by atoms with Gasteiger partial charge in [-0.1, -0.05) is 19.1 Å². The van der Waals surface area contributed by atoms with Gasteiger partial charge in [-0.3, -0.25) is 4.99 Å². The Bertz CT molecular complexity index is 769. The molecule has 2 aromatic rings. The Kier molecular flexibility index (Phi) is 8.74. The van der Waals surface area contributed by atoms with Crippen LogP contribution in [0, 0.1) is 0 Å². The lowest BCUT2D eigenvalue weighted by molar-refractivity contribution is 0.250. The molecule has 0 radical (unpaired) electrons. The normalized spacial score (nSPS) is 11.4. The van der Waals surface area contributed by atoms with Gasteiger partial charge in [-0.2, -0.15) is 0 Å². The minimum atomic E-state index is -0.197. The number of urea groups is 1. The molecule has 4 N–H and O–H groups in total. The first kappa shape index (κ1) is 21.7. The molecule has 1 aromatic carbocycles. The first-order chi connectivity index (χ1) is 13.5. The molecule has 1 aromatic heterocycles. The van der Waals surface area contributed by atoms with Crippen LogP contribution in [0.3, 0.4) is 0 Å². The number of aryl methyl sites for hydroxylation is 1. The van der Waals surface area contributed by atoms with Gasteiger partial charge in [-0.25, -0.2) is 9.78 Å². The van der Waals surface area contributed by atoms with Crippen LogP contribution in [0.4, 0.5) is 10.5 Å². The Hall–Kier alpha value is -2.61. The van der Waals surface area contributed by atoms with Crippen molar-refractivity contribution in [2.24, 2.45) is 4.99 Å². The number of rotatable bonds is 8. The zero-order valence-electron chi connectivity index (χ0n) is 17.0. The second-order valence-electron chi connectivity index (χ2n) is 6.63. The van der Waals surface area contributed by atoms with E-state index in [9.17, 15) is 4.79 Å². The summed E-state index contributed by atoms with van der Waals surface area (Å²) in [6.07, 6.45) is 3.87. The van der Waals surface area contributed by atoms with Crippen molar-refractivity contribution in [3.63, 3.8) is 0 Å². The number of benzene rings is 1. The highest BCUT2D eigenvalue weighted by molar-refractivity contribution is 7.11. The number of hydrogen-bond acceptors (Lipinski definition) is 4. The van der Waals surface area contributed by atoms with Crippen LogP contribution in [0.5, 0.6) is 0 Å². The van der Waals surface area contributed by atoms with Gasteiger partial charge in [0.1, 0.15) is 0 Å². The van der Waals surface area contributed by atoms with Crippen LogP contribution in [0.15, 0.2) is 35.5 Å². The quantitative estimate of drug-likeness (QED) is 0.403. The lowest BCUT2D eigenvalue weighted by atomic mass is 10.2. The van der Waals surface area contributed by atoms with E-state index in [0.29, 0.717) is 6.54 Å². The average Bonchev–Trinajstić information content (AvgIpc) is 3.13. The van der Waals surface area contributed by atoms with Crippen molar-refractivity contribution in [1.29, 1.82) is 0 Å². The molecule has 152 valence electrons. The van der Waals surface area contributed by atoms with Gasteiger partial charge in [0.15, 0.2) is 5.96 Å². The lowest BCUT2D eigenvalue weighted by Gasteiger charge is -2.12. The molecule has 28 heavy (non-hydrogen) atoms. The number of hydrogen-bond donors (Lipinski definition) is 4. The van der Waals surface area contributed by atoms with Crippen molar-refractivity contribution >= 4 is 29.0 Å². The van der Waals surface area contributed by atoms with Crippen molar-refractivity contribution < 1.29 is 4.79 Å². The Morgan fingerprint density at radius 1 is 1.21 bits per heavy atom. The molecule has 2 rings (SSSR count). The minimum Gasteiger partial charge on any atom is -0.356 e. The topological polar surface area (TPSA) is 90.4 Å². The molecule has 0 spiro atoms. The third-order valence-corrected chi connectivity index (χ3v) is 5.10. The highest BCUT2D eigenvalue weighted by Gasteiger charge is 2.04. The van der Waals surface area contributed by atoms with E-state index in [1.807, 2.05) is 44.3 Å². The van der Waals surface area contributed by atoms with Gasteiger partial charge in [0, 0.05) is 49.4 Å². The summed E-state index contributed by atoms with van der Waals surface area (Å²) >= 11 is 1.77. The van der Waals surface area contributed by atoms with E-state index in [1.165, 1.54) is 4.88 Å². The zero-order chi connectivity index (χ0) is 20.4. The van der Waals surface area contributed by atoms with Crippen LogP contribution in [0.2, 0.25) is 0 Å². The molecule has 0 aliphatic carbocycles. The van der Waals surface area contributed by atoms with E-state index < -0.39 is 0 Å². The summed E-state index contributed by atoms with van der Waals surface area (Å²) in [4.78, 5) is 21.7. The molecule has 1 heterocycles. The number of aliphatic imine (C=N–C) groups is 1. The summed E-state index contributed by atoms with van der Waals surface area (Å²) < 4.78 is 0. The Labute approximate surface area is 171 Å². The molecule has 0 saturated heterocycles. The first-order valence-electron chi connectivity index (χ1n) is 9.54. The molecule has 0 bridgehead atoms. The molecule has 2 amide bonds. The van der Waals surface area contributed by atoms with Crippen LogP contribution in [0.25, 0.3) is 0 Å². The maximum Gasteiger partial charge on any atom is 0.319 e. The Balaban J connectivity index is 1.74. The van der Waals surface area contributed by atoms with Crippen molar-refractivity contribution in [3.8, 4) is 0 Å². The standard InChI is InChI=1S/C20H30N6OS/c1-5-17-13-23-18(28-17)10-11-22-19(21-4)24-12-15-6-8-16(9-7-15)26-20(27)25-14(2)3/h6-9,13-14H,5,10-12H2,1-4H3,(H2,21,22,24)(H2,25,26,27). The fraction of sp³-hybridized carbons (Fsp3) is 0.450. The second kappa shape index (κ2) is 11.3. The summed E-state index contributed by atoms with van der Waals surface area (Å²) in [5.74, 6) is 0.755. The molecular formula is C20H30N6OS. The van der Waals surface area contributed by atoms with Gasteiger partial charge < -0.3 is 21.3 Å². The maximum atomic E-state index is 11.7. The number of carbonyl (C=O) groups is 1. The third-order valence-electron chi connectivity index (χ3n) is 3.90. The monoisotopic (exact) mass is 402 g/mol. The average molecular weight is 403 g/mol. The summed E-state index contributed by atoms with van der Waals surface area (Å²) in [6.45, 7) is 7.42. The minimum absolute atomic E-state index is 0.104. The number of aromatic nitrogens is 1. The van der Waals surface area contributed by atoms with Crippen LogP contribution in [0.1, 0.15) is 36.2 Å². The molecule has 0 fully saturated rings. The second-order valence-corrected chi connectivity index (χ2v) is 7.83. The number of anilines is 1. The number of thiazole rings is 1. The van der Waals surface area contributed by atoms with Crippen molar-refractivity contribution in [1.82, 2.24) is 20.9 Å². The lowest BCUT2D eigenvalue weighted by Crippen LogP contribution is -2.37. The van der Waals surface area contributed by atoms with E-state index in [2.05, 4.69) is 38.2 Å². The van der Waals surface area contributed by atoms with Gasteiger partial charge in [-0.05, 0) is 38.0 Å². The van der Waals surface area contributed by atoms with Gasteiger partial charge in [0.2, 0.25) is 0 Å². The molecule has 8 heteroatoms. The molecule has 0 atom stereocenters. The predicted molar refractivity (Wildman–Crippen MR) is 117 cm³/mol. The Morgan fingerprint density at radius 2 is 1.96 bits per heavy atom. The largest absolute Gasteiger partial charge is 0.356 e. The first-order valence-corrected chi connectivity index (χ1v) is 10.4. The smallest absolute Gasteiger partial charge is 0.319 e. The SMILES string of the molecule is CCc1cnc(CCNC(=NC)NCc2ccc(NC(=O)NC(C)C)cc2)s1.